The van der Waals surface area contributed by atoms with Crippen LogP contribution in [0.4, 0.5) is 0 Å². The fourth-order valence-electron chi connectivity index (χ4n) is 9.63. The van der Waals surface area contributed by atoms with Gasteiger partial charge >= 0.3 is 0 Å². The maximum Gasteiger partial charge on any atom is 0.216 e. The van der Waals surface area contributed by atoms with Gasteiger partial charge in [0.1, 0.15) is 0 Å². The summed E-state index contributed by atoms with van der Waals surface area (Å²) in [5.74, 6) is 7.26. The Kier molecular flexibility index (Phi) is 6.00. The van der Waals surface area contributed by atoms with Crippen molar-refractivity contribution < 1.29 is 9.15 Å². The molecule has 0 bridgehead atoms. The van der Waals surface area contributed by atoms with Gasteiger partial charge in [0.05, 0.1) is 6.10 Å². The number of hydrogen-bond acceptors (Lipinski definition) is 4. The SMILES string of the molecule is CO[C@@H]1C[C@@H]2C[C@H](C)CC[C@]2(C)[C@H]2CC[C@]3(C)[C@@H]([C@H](C)CCc4nnc(C)o4)CC[C@H]3[C@H]12. The van der Waals surface area contributed by atoms with Crippen LogP contribution in [-0.4, -0.2) is 23.4 Å². The summed E-state index contributed by atoms with van der Waals surface area (Å²) in [6.45, 7) is 12.2. The molecule has 4 fully saturated rings. The van der Waals surface area contributed by atoms with Crippen LogP contribution in [0.3, 0.4) is 0 Å². The molecule has 4 aliphatic rings. The van der Waals surface area contributed by atoms with Crippen molar-refractivity contribution in [1.29, 1.82) is 0 Å². The van der Waals surface area contributed by atoms with Gasteiger partial charge in [0.15, 0.2) is 0 Å². The molecule has 5 rings (SSSR count). The monoisotopic (exact) mass is 442 g/mol. The van der Waals surface area contributed by atoms with E-state index in [2.05, 4.69) is 37.9 Å². The predicted octanol–water partition coefficient (Wildman–Crippen LogP) is 6.87. The molecule has 0 aromatic carbocycles. The molecule has 0 aliphatic heterocycles. The second-order valence-corrected chi connectivity index (χ2v) is 12.8. The van der Waals surface area contributed by atoms with E-state index in [1.807, 2.05) is 14.0 Å². The van der Waals surface area contributed by atoms with Crippen LogP contribution in [0, 0.1) is 59.2 Å². The number of aromatic nitrogens is 2. The minimum atomic E-state index is 0.466. The molecule has 4 saturated carbocycles. The van der Waals surface area contributed by atoms with Crippen LogP contribution < -0.4 is 0 Å². The van der Waals surface area contributed by atoms with Crippen LogP contribution in [0.2, 0.25) is 0 Å². The molecule has 4 heteroatoms. The van der Waals surface area contributed by atoms with Gasteiger partial charge in [-0.25, -0.2) is 0 Å². The van der Waals surface area contributed by atoms with E-state index in [-0.39, 0.29) is 0 Å². The molecule has 1 aromatic heterocycles. The summed E-state index contributed by atoms with van der Waals surface area (Å²) in [6.07, 6.45) is 13.8. The lowest BCUT2D eigenvalue weighted by Crippen LogP contribution is -2.58. The van der Waals surface area contributed by atoms with Crippen molar-refractivity contribution >= 4 is 0 Å². The molecule has 0 saturated heterocycles. The van der Waals surface area contributed by atoms with Crippen molar-refractivity contribution in [3.8, 4) is 0 Å². The highest BCUT2D eigenvalue weighted by atomic mass is 16.5. The van der Waals surface area contributed by atoms with Gasteiger partial charge in [-0.15, -0.1) is 10.2 Å². The Balaban J connectivity index is 1.34. The molecular formula is C28H46N2O2. The number of fused-ring (bicyclic) bond motifs is 5. The van der Waals surface area contributed by atoms with Crippen molar-refractivity contribution in [2.24, 2.45) is 52.3 Å². The molecule has 1 aromatic rings. The van der Waals surface area contributed by atoms with Crippen molar-refractivity contribution in [2.75, 3.05) is 7.11 Å². The molecule has 4 nitrogen and oxygen atoms in total. The first-order valence-corrected chi connectivity index (χ1v) is 13.6. The minimum absolute atomic E-state index is 0.466. The normalized spacial score (nSPS) is 46.9. The molecule has 0 spiro atoms. The van der Waals surface area contributed by atoms with Gasteiger partial charge in [0.25, 0.3) is 0 Å². The Morgan fingerprint density at radius 1 is 1.03 bits per heavy atom. The second-order valence-electron chi connectivity index (χ2n) is 12.8. The fourth-order valence-corrected chi connectivity index (χ4v) is 9.63. The summed E-state index contributed by atoms with van der Waals surface area (Å²) in [5.41, 5.74) is 1.01. The van der Waals surface area contributed by atoms with E-state index in [0.29, 0.717) is 28.7 Å². The molecule has 0 unspecified atom stereocenters. The second kappa shape index (κ2) is 8.40. The van der Waals surface area contributed by atoms with E-state index in [9.17, 15) is 0 Å². The van der Waals surface area contributed by atoms with E-state index < -0.39 is 0 Å². The number of rotatable bonds is 5. The Hall–Kier alpha value is -0.900. The highest BCUT2D eigenvalue weighted by molar-refractivity contribution is 5.12. The van der Waals surface area contributed by atoms with Gasteiger partial charge < -0.3 is 9.15 Å². The van der Waals surface area contributed by atoms with Gasteiger partial charge in [-0.3, -0.25) is 0 Å². The number of aryl methyl sites for hydroxylation is 2. The average Bonchev–Trinajstić information content (AvgIpc) is 3.34. The third kappa shape index (κ3) is 3.58. The van der Waals surface area contributed by atoms with Crippen LogP contribution >= 0.6 is 0 Å². The zero-order chi connectivity index (χ0) is 22.7. The van der Waals surface area contributed by atoms with Gasteiger partial charge in [-0.05, 0) is 104 Å². The lowest BCUT2D eigenvalue weighted by Gasteiger charge is -2.63. The summed E-state index contributed by atoms with van der Waals surface area (Å²) in [5, 5.41) is 8.25. The highest BCUT2D eigenvalue weighted by Gasteiger charge is 2.63. The van der Waals surface area contributed by atoms with Crippen molar-refractivity contribution in [3.05, 3.63) is 11.8 Å². The van der Waals surface area contributed by atoms with Gasteiger partial charge in [0, 0.05) is 20.5 Å². The number of ether oxygens (including phenoxy) is 1. The summed E-state index contributed by atoms with van der Waals surface area (Å²) < 4.78 is 12.0. The smallest absolute Gasteiger partial charge is 0.216 e. The summed E-state index contributed by atoms with van der Waals surface area (Å²) in [6, 6.07) is 0. The third-order valence-corrected chi connectivity index (χ3v) is 11.4. The highest BCUT2D eigenvalue weighted by Crippen LogP contribution is 2.69. The molecule has 32 heavy (non-hydrogen) atoms. The van der Waals surface area contributed by atoms with Crippen molar-refractivity contribution in [3.63, 3.8) is 0 Å². The van der Waals surface area contributed by atoms with Crippen LogP contribution in [0.5, 0.6) is 0 Å². The van der Waals surface area contributed by atoms with E-state index >= 15 is 0 Å². The topological polar surface area (TPSA) is 48.2 Å². The quantitative estimate of drug-likeness (QED) is 0.499. The van der Waals surface area contributed by atoms with Gasteiger partial charge in [0.2, 0.25) is 11.8 Å². The number of nitrogens with zero attached hydrogens (tertiary/aromatic N) is 2. The third-order valence-electron chi connectivity index (χ3n) is 11.4. The van der Waals surface area contributed by atoms with E-state index in [1.165, 1.54) is 51.4 Å². The maximum atomic E-state index is 6.32. The van der Waals surface area contributed by atoms with E-state index in [4.69, 9.17) is 9.15 Å². The molecule has 180 valence electrons. The molecule has 1 heterocycles. The van der Waals surface area contributed by atoms with Gasteiger partial charge in [-0.1, -0.05) is 34.1 Å². The molecule has 10 atom stereocenters. The maximum absolute atomic E-state index is 6.32. The Bertz CT molecular complexity index is 807. The van der Waals surface area contributed by atoms with Crippen LogP contribution in [0.15, 0.2) is 4.42 Å². The molecular weight excluding hydrogens is 396 g/mol. The first kappa shape index (κ1) is 22.9. The van der Waals surface area contributed by atoms with Crippen LogP contribution in [0.1, 0.15) is 97.3 Å². The van der Waals surface area contributed by atoms with E-state index in [1.54, 1.807) is 0 Å². The lowest BCUT2D eigenvalue weighted by atomic mass is 9.43. The van der Waals surface area contributed by atoms with Gasteiger partial charge in [-0.2, -0.15) is 0 Å². The largest absolute Gasteiger partial charge is 0.426 e. The number of hydrogen-bond donors (Lipinski definition) is 0. The molecule has 0 N–H and O–H groups in total. The van der Waals surface area contributed by atoms with Crippen LogP contribution in [0.25, 0.3) is 0 Å². The standard InChI is InChI=1S/C28H46N2O2/c1-17-11-13-27(4)20(15-17)16-24(31-6)26-22-9-8-21(28(22,5)14-12-23(26)27)18(2)7-10-25-30-29-19(3)32-25/h17-18,20-24,26H,7-16H2,1-6H3/t17-,18-,20+,21-,22+,23+,24-,26+,27+,28-/m1/s1. The summed E-state index contributed by atoms with van der Waals surface area (Å²) in [7, 11) is 2.00. The summed E-state index contributed by atoms with van der Waals surface area (Å²) >= 11 is 0. The Morgan fingerprint density at radius 3 is 2.50 bits per heavy atom. The Labute approximate surface area is 195 Å². The molecule has 0 amide bonds. The van der Waals surface area contributed by atoms with E-state index in [0.717, 1.165) is 54.2 Å². The molecule has 0 radical (unpaired) electrons. The first-order valence-electron chi connectivity index (χ1n) is 13.6. The fraction of sp³-hybridized carbons (Fsp3) is 0.929. The Morgan fingerprint density at radius 2 is 1.78 bits per heavy atom. The van der Waals surface area contributed by atoms with Crippen molar-refractivity contribution in [1.82, 2.24) is 10.2 Å². The van der Waals surface area contributed by atoms with Crippen LogP contribution in [-0.2, 0) is 11.2 Å². The predicted molar refractivity (Wildman–Crippen MR) is 127 cm³/mol. The average molecular weight is 443 g/mol. The first-order chi connectivity index (χ1) is 15.3. The number of methoxy groups -OCH3 is 1. The zero-order valence-corrected chi connectivity index (χ0v) is 21.4. The lowest BCUT2D eigenvalue weighted by molar-refractivity contribution is -0.176. The molecule has 4 aliphatic carbocycles. The van der Waals surface area contributed by atoms with Crippen molar-refractivity contribution in [2.45, 2.75) is 105 Å². The zero-order valence-electron chi connectivity index (χ0n) is 21.4. The summed E-state index contributed by atoms with van der Waals surface area (Å²) in [4.78, 5) is 0. The minimum Gasteiger partial charge on any atom is -0.426 e.